The number of methoxy groups -OCH3 is 4. The molecule has 2 N–H and O–H groups in total. The lowest BCUT2D eigenvalue weighted by Crippen LogP contribution is -2.45. The fraction of sp³-hybridized carbons (Fsp3) is 0.350. The molecule has 0 unspecified atom stereocenters. The summed E-state index contributed by atoms with van der Waals surface area (Å²) in [6.45, 7) is -2.41. The zero-order chi connectivity index (χ0) is 39.0. The Balaban J connectivity index is 0.937. The lowest BCUT2D eigenvalue weighted by Gasteiger charge is -2.35. The molecule has 0 saturated carbocycles. The molecule has 15 heteroatoms. The fourth-order valence-corrected chi connectivity index (χ4v) is 8.15. The van der Waals surface area contributed by atoms with Crippen molar-refractivity contribution >= 4 is 30.0 Å². The fourth-order valence-electron chi connectivity index (χ4n) is 6.72. The molecule has 0 aromatic heterocycles. The number of rotatable bonds is 14. The second-order valence-corrected chi connectivity index (χ2v) is 15.7. The van der Waals surface area contributed by atoms with Crippen molar-refractivity contribution in [2.45, 2.75) is 37.8 Å². The largest absolute Gasteiger partial charge is 0.497 e. The molecule has 2 aliphatic heterocycles. The van der Waals surface area contributed by atoms with E-state index >= 15 is 0 Å². The van der Waals surface area contributed by atoms with Crippen LogP contribution in [0.3, 0.4) is 0 Å². The van der Waals surface area contributed by atoms with E-state index in [9.17, 15) is 14.2 Å². The van der Waals surface area contributed by atoms with Gasteiger partial charge in [0.15, 0.2) is 0 Å². The summed E-state index contributed by atoms with van der Waals surface area (Å²) in [6, 6.07) is 25.6. The van der Waals surface area contributed by atoms with Crippen LogP contribution in [0.5, 0.6) is 23.0 Å². The van der Waals surface area contributed by atoms with Crippen LogP contribution in [-0.2, 0) is 13.8 Å². The van der Waals surface area contributed by atoms with Crippen LogP contribution in [0.15, 0.2) is 84.9 Å². The number of benzene rings is 4. The average molecular weight is 793 g/mol. The van der Waals surface area contributed by atoms with Crippen molar-refractivity contribution in [3.63, 3.8) is 0 Å². The number of nitrogens with zero attached hydrogens (tertiary/aromatic N) is 2. The minimum absolute atomic E-state index is 0.107. The van der Waals surface area contributed by atoms with Gasteiger partial charge in [-0.2, -0.15) is 10.1 Å². The molecule has 0 atom stereocenters. The maximum Gasteiger partial charge on any atom is 0.457 e. The summed E-state index contributed by atoms with van der Waals surface area (Å²) in [4.78, 5) is 26.4. The van der Waals surface area contributed by atoms with Gasteiger partial charge in [0.25, 0.3) is 11.8 Å². The molecule has 2 amide bonds. The van der Waals surface area contributed by atoms with E-state index in [4.69, 9.17) is 39.4 Å². The molecule has 4 aromatic rings. The summed E-state index contributed by atoms with van der Waals surface area (Å²) >= 11 is 6.27. The van der Waals surface area contributed by atoms with E-state index in [1.807, 2.05) is 60.7 Å². The number of ether oxygens (including phenoxy) is 4. The van der Waals surface area contributed by atoms with Crippen LogP contribution in [0.2, 0.25) is 0 Å². The van der Waals surface area contributed by atoms with Crippen molar-refractivity contribution in [3.05, 3.63) is 96.1 Å². The van der Waals surface area contributed by atoms with Crippen molar-refractivity contribution in [2.24, 2.45) is 0 Å². The van der Waals surface area contributed by atoms with E-state index in [0.717, 1.165) is 22.3 Å². The van der Waals surface area contributed by atoms with Crippen LogP contribution < -0.4 is 29.6 Å². The molecule has 0 radical (unpaired) electrons. The molecular formula is C40H46ClN4O9P. The highest BCUT2D eigenvalue weighted by Crippen LogP contribution is 2.55. The topological polar surface area (TPSA) is 137 Å². The second-order valence-electron chi connectivity index (χ2n) is 13.2. The van der Waals surface area contributed by atoms with Gasteiger partial charge >= 0.3 is 6.95 Å². The Kier molecular flexibility index (Phi) is 13.4. The molecule has 0 bridgehead atoms. The van der Waals surface area contributed by atoms with Gasteiger partial charge in [-0.15, -0.1) is 0 Å². The number of hydrogen-bond donors (Lipinski definition) is 2. The summed E-state index contributed by atoms with van der Waals surface area (Å²) in [7, 11) is 6.38. The third kappa shape index (κ3) is 10.4. The van der Waals surface area contributed by atoms with Crippen LogP contribution in [-0.4, -0.2) is 88.6 Å². The Morgan fingerprint density at radius 1 is 0.600 bits per heavy atom. The standard InChI is InChI=1S/C40H46ClN4O9P/c1-49-33-11-13-35(37(25-33)51-3)27-7-5-9-29(23-27)39(46)42-31-15-19-44(20-16-31)53-55(41,48)54-45-21-17-32(18-22-45)43-40(47)30-10-6-8-28(24-30)36-14-12-34(50-2)26-38(36)52-4/h5-14,23-26,31-32H,15-22H2,1-4H3,(H,42,46)(H,43,47). The molecule has 292 valence electrons. The van der Waals surface area contributed by atoms with E-state index < -0.39 is 6.95 Å². The Morgan fingerprint density at radius 3 is 1.36 bits per heavy atom. The monoisotopic (exact) mass is 792 g/mol. The molecule has 2 aliphatic rings. The van der Waals surface area contributed by atoms with Gasteiger partial charge in [-0.1, -0.05) is 24.3 Å². The van der Waals surface area contributed by atoms with Gasteiger partial charge in [-0.3, -0.25) is 9.59 Å². The van der Waals surface area contributed by atoms with Gasteiger partial charge in [0.05, 0.1) is 28.4 Å². The van der Waals surface area contributed by atoms with Crippen molar-refractivity contribution in [1.29, 1.82) is 0 Å². The number of nitrogens with one attached hydrogen (secondary N) is 2. The summed E-state index contributed by atoms with van der Waals surface area (Å²) in [5, 5.41) is 9.25. The Labute approximate surface area is 326 Å². The lowest BCUT2D eigenvalue weighted by atomic mass is 10.0. The second kappa shape index (κ2) is 18.3. The highest BCUT2D eigenvalue weighted by molar-refractivity contribution is 7.81. The van der Waals surface area contributed by atoms with Crippen LogP contribution in [0, 0.1) is 0 Å². The van der Waals surface area contributed by atoms with E-state index in [2.05, 4.69) is 10.6 Å². The number of halogens is 1. The first-order valence-electron chi connectivity index (χ1n) is 18.0. The van der Waals surface area contributed by atoms with Gasteiger partial charge in [0, 0.05) is 83.9 Å². The van der Waals surface area contributed by atoms with Crippen LogP contribution in [0.25, 0.3) is 22.3 Å². The van der Waals surface area contributed by atoms with E-state index in [1.165, 1.54) is 10.1 Å². The summed E-state index contributed by atoms with van der Waals surface area (Å²) in [6.07, 6.45) is 2.26. The number of hydroxylamine groups is 4. The molecule has 2 heterocycles. The van der Waals surface area contributed by atoms with Gasteiger partial charge < -0.3 is 29.6 Å². The quantitative estimate of drug-likeness (QED) is 0.124. The summed E-state index contributed by atoms with van der Waals surface area (Å²) in [5.74, 6) is 2.26. The van der Waals surface area contributed by atoms with Crippen molar-refractivity contribution in [3.8, 4) is 45.3 Å². The van der Waals surface area contributed by atoms with Crippen molar-refractivity contribution in [1.82, 2.24) is 20.8 Å². The number of piperidine rings is 2. The molecule has 6 rings (SSSR count). The maximum atomic E-state index is 13.2. The number of carbonyl (C=O) groups excluding carboxylic acids is 2. The first kappa shape index (κ1) is 40.1. The van der Waals surface area contributed by atoms with Gasteiger partial charge in [0.1, 0.15) is 23.0 Å². The van der Waals surface area contributed by atoms with Gasteiger partial charge in [0.2, 0.25) is 0 Å². The molecule has 0 spiro atoms. The van der Waals surface area contributed by atoms with E-state index in [-0.39, 0.29) is 23.9 Å². The molecule has 4 aromatic carbocycles. The highest BCUT2D eigenvalue weighted by atomic mass is 35.7. The summed E-state index contributed by atoms with van der Waals surface area (Å²) in [5.41, 5.74) is 4.42. The summed E-state index contributed by atoms with van der Waals surface area (Å²) < 4.78 is 46.1. The average Bonchev–Trinajstić information content (AvgIpc) is 3.21. The highest BCUT2D eigenvalue weighted by Gasteiger charge is 2.34. The normalized spacial score (nSPS) is 15.9. The van der Waals surface area contributed by atoms with Crippen molar-refractivity contribution < 1.29 is 42.4 Å². The smallest absolute Gasteiger partial charge is 0.457 e. The number of amides is 2. The molecule has 2 fully saturated rings. The van der Waals surface area contributed by atoms with E-state index in [0.29, 0.717) is 86.0 Å². The van der Waals surface area contributed by atoms with Crippen LogP contribution in [0.4, 0.5) is 0 Å². The van der Waals surface area contributed by atoms with Gasteiger partial charge in [-0.25, -0.2) is 13.8 Å². The predicted octanol–water partition coefficient (Wildman–Crippen LogP) is 7.35. The minimum atomic E-state index is -4.00. The molecular weight excluding hydrogens is 747 g/mol. The zero-order valence-corrected chi connectivity index (χ0v) is 32.9. The minimum Gasteiger partial charge on any atom is -0.497 e. The third-order valence-corrected chi connectivity index (χ3v) is 10.9. The SMILES string of the molecule is COc1ccc(-c2cccc(C(=O)NC3CCN(OP(=O)(Cl)ON4CCC(NC(=O)c5cccc(-c6ccc(OC)cc6OC)c5)CC4)CC3)c2)c(OC)c1. The molecule has 13 nitrogen and oxygen atoms in total. The maximum absolute atomic E-state index is 13.2. The molecule has 0 aliphatic carbocycles. The van der Waals surface area contributed by atoms with Crippen LogP contribution >= 0.6 is 18.2 Å². The first-order chi connectivity index (χ1) is 26.6. The molecule has 2 saturated heterocycles. The van der Waals surface area contributed by atoms with Crippen LogP contribution in [0.1, 0.15) is 46.4 Å². The first-order valence-corrected chi connectivity index (χ1v) is 20.5. The molecule has 55 heavy (non-hydrogen) atoms. The Morgan fingerprint density at radius 2 is 1.00 bits per heavy atom. The Bertz CT molecular complexity index is 1880. The zero-order valence-electron chi connectivity index (χ0n) is 31.3. The predicted molar refractivity (Wildman–Crippen MR) is 210 cm³/mol. The Hall–Kier alpha value is -4.62. The lowest BCUT2D eigenvalue weighted by molar-refractivity contribution is -0.132. The number of hydrogen-bond acceptors (Lipinski definition) is 11. The number of carbonyl (C=O) groups is 2. The van der Waals surface area contributed by atoms with E-state index in [1.54, 1.807) is 52.7 Å². The third-order valence-electron chi connectivity index (χ3n) is 9.69. The van der Waals surface area contributed by atoms with Gasteiger partial charge in [-0.05, 0) is 85.3 Å². The van der Waals surface area contributed by atoms with Crippen molar-refractivity contribution in [2.75, 3.05) is 54.6 Å².